The highest BCUT2D eigenvalue weighted by Crippen LogP contribution is 2.45. The molecule has 3 heterocycles. The van der Waals surface area contributed by atoms with Gasteiger partial charge in [0.1, 0.15) is 5.60 Å². The molecule has 0 spiro atoms. The maximum absolute atomic E-state index is 13.8. The molecule has 0 aromatic heterocycles. The van der Waals surface area contributed by atoms with Gasteiger partial charge in [-0.3, -0.25) is 4.79 Å². The van der Waals surface area contributed by atoms with Crippen LogP contribution in [0.25, 0.3) is 0 Å². The van der Waals surface area contributed by atoms with Gasteiger partial charge < -0.3 is 29.3 Å². The number of nitrogens with one attached hydrogen (secondary N) is 1. The van der Waals surface area contributed by atoms with Gasteiger partial charge in [0, 0.05) is 38.9 Å². The van der Waals surface area contributed by atoms with Crippen molar-refractivity contribution < 1.29 is 23.8 Å². The minimum atomic E-state index is -0.501. The molecule has 4 fully saturated rings. The summed E-state index contributed by atoms with van der Waals surface area (Å²) in [7, 11) is 1.74. The van der Waals surface area contributed by atoms with E-state index < -0.39 is 5.60 Å². The van der Waals surface area contributed by atoms with Gasteiger partial charge in [-0.1, -0.05) is 6.92 Å². The quantitative estimate of drug-likeness (QED) is 0.692. The number of hydrogen-bond acceptors (Lipinski definition) is 6. The van der Waals surface area contributed by atoms with Crippen molar-refractivity contribution in [3.8, 4) is 0 Å². The first-order chi connectivity index (χ1) is 15.2. The molecule has 2 amide bonds. The Hall–Kier alpha value is -1.38. The molecule has 8 heteroatoms. The van der Waals surface area contributed by atoms with Crippen LogP contribution in [0.15, 0.2) is 0 Å². The van der Waals surface area contributed by atoms with E-state index in [9.17, 15) is 9.59 Å². The van der Waals surface area contributed by atoms with E-state index in [0.717, 1.165) is 45.1 Å². The minimum Gasteiger partial charge on any atom is -0.444 e. The summed E-state index contributed by atoms with van der Waals surface area (Å²) in [5.74, 6) is 0.288. The first-order valence-electron chi connectivity index (χ1n) is 12.3. The van der Waals surface area contributed by atoms with Crippen LogP contribution >= 0.6 is 0 Å². The number of hydrogen-bond donors (Lipinski definition) is 1. The molecule has 1 saturated carbocycles. The fourth-order valence-corrected chi connectivity index (χ4v) is 6.14. The molecule has 4 aliphatic rings. The summed E-state index contributed by atoms with van der Waals surface area (Å²) in [5, 5.41) is 3.79. The third kappa shape index (κ3) is 4.64. The molecule has 2 bridgehead atoms. The number of fused-ring (bicyclic) bond motifs is 2. The van der Waals surface area contributed by atoms with Crippen molar-refractivity contribution in [3.05, 3.63) is 0 Å². The summed E-state index contributed by atoms with van der Waals surface area (Å²) in [6.07, 6.45) is 5.29. The van der Waals surface area contributed by atoms with E-state index in [1.165, 1.54) is 0 Å². The summed E-state index contributed by atoms with van der Waals surface area (Å²) in [6.45, 7) is 10.4. The molecule has 0 unspecified atom stereocenters. The van der Waals surface area contributed by atoms with E-state index in [4.69, 9.17) is 14.2 Å². The largest absolute Gasteiger partial charge is 0.444 e. The number of carbonyl (C=O) groups excluding carboxylic acids is 2. The van der Waals surface area contributed by atoms with Crippen LogP contribution in [-0.2, 0) is 19.0 Å². The minimum absolute atomic E-state index is 0.0734. The highest BCUT2D eigenvalue weighted by atomic mass is 16.6. The van der Waals surface area contributed by atoms with Crippen LogP contribution in [0, 0.1) is 5.41 Å². The number of likely N-dealkylation sites (tertiary alicyclic amines) is 2. The Labute approximate surface area is 192 Å². The monoisotopic (exact) mass is 451 g/mol. The molecule has 0 aromatic rings. The predicted molar refractivity (Wildman–Crippen MR) is 120 cm³/mol. The number of carbonyl (C=O) groups is 2. The van der Waals surface area contributed by atoms with Gasteiger partial charge in [0.05, 0.1) is 30.2 Å². The average molecular weight is 452 g/mol. The number of methoxy groups -OCH3 is 1. The lowest BCUT2D eigenvalue weighted by Crippen LogP contribution is -2.55. The van der Waals surface area contributed by atoms with Crippen LogP contribution in [0.1, 0.15) is 66.2 Å². The second kappa shape index (κ2) is 9.11. The van der Waals surface area contributed by atoms with Crippen molar-refractivity contribution in [3.63, 3.8) is 0 Å². The molecule has 3 saturated heterocycles. The maximum Gasteiger partial charge on any atom is 0.410 e. The summed E-state index contributed by atoms with van der Waals surface area (Å²) in [6, 6.07) is 0.806. The van der Waals surface area contributed by atoms with Crippen molar-refractivity contribution in [2.45, 2.75) is 102 Å². The number of rotatable bonds is 5. The molecule has 1 N–H and O–H groups in total. The Morgan fingerprint density at radius 1 is 1.16 bits per heavy atom. The zero-order valence-corrected chi connectivity index (χ0v) is 20.4. The van der Waals surface area contributed by atoms with E-state index in [1.807, 2.05) is 25.7 Å². The molecule has 182 valence electrons. The van der Waals surface area contributed by atoms with Crippen molar-refractivity contribution in [2.75, 3.05) is 33.4 Å². The molecule has 3 aliphatic heterocycles. The van der Waals surface area contributed by atoms with Gasteiger partial charge in [0.15, 0.2) is 0 Å². The number of piperazine rings is 1. The third-order valence-corrected chi connectivity index (χ3v) is 7.93. The van der Waals surface area contributed by atoms with Crippen molar-refractivity contribution in [1.82, 2.24) is 15.1 Å². The Balaban J connectivity index is 1.35. The Morgan fingerprint density at radius 3 is 2.50 bits per heavy atom. The normalized spacial score (nSPS) is 37.2. The van der Waals surface area contributed by atoms with Gasteiger partial charge in [-0.25, -0.2) is 4.79 Å². The number of ether oxygens (including phenoxy) is 3. The summed E-state index contributed by atoms with van der Waals surface area (Å²) in [4.78, 5) is 30.2. The molecule has 0 aromatic carbocycles. The second-order valence-electron chi connectivity index (χ2n) is 11.1. The molecular formula is C24H41N3O5. The lowest BCUT2D eigenvalue weighted by atomic mass is 9.81. The van der Waals surface area contributed by atoms with Gasteiger partial charge >= 0.3 is 6.09 Å². The summed E-state index contributed by atoms with van der Waals surface area (Å²) < 4.78 is 16.7. The Morgan fingerprint density at radius 2 is 1.88 bits per heavy atom. The summed E-state index contributed by atoms with van der Waals surface area (Å²) >= 11 is 0. The average Bonchev–Trinajstić information content (AvgIpc) is 3.47. The molecular weight excluding hydrogens is 410 g/mol. The molecule has 6 atom stereocenters. The Kier molecular flexibility index (Phi) is 6.76. The fraction of sp³-hybridized carbons (Fsp3) is 0.917. The van der Waals surface area contributed by atoms with Crippen molar-refractivity contribution in [1.29, 1.82) is 0 Å². The zero-order valence-electron chi connectivity index (χ0n) is 20.4. The molecule has 4 rings (SSSR count). The van der Waals surface area contributed by atoms with Crippen LogP contribution in [0.2, 0.25) is 0 Å². The smallest absolute Gasteiger partial charge is 0.410 e. The lowest BCUT2D eigenvalue weighted by Gasteiger charge is -2.40. The van der Waals surface area contributed by atoms with Gasteiger partial charge in [-0.15, -0.1) is 0 Å². The molecule has 8 nitrogen and oxygen atoms in total. The van der Waals surface area contributed by atoms with E-state index in [0.29, 0.717) is 25.7 Å². The van der Waals surface area contributed by atoms with Crippen molar-refractivity contribution in [2.24, 2.45) is 5.41 Å². The van der Waals surface area contributed by atoms with Gasteiger partial charge in [-0.2, -0.15) is 0 Å². The molecule has 0 radical (unpaired) electrons. The van der Waals surface area contributed by atoms with Crippen LogP contribution < -0.4 is 5.32 Å². The van der Waals surface area contributed by atoms with E-state index in [-0.39, 0.29) is 41.6 Å². The standard InChI is InChI=1S/C24H41N3O5/c1-6-24(9-7-16(12-24)25-19-8-10-31-15-20(19)30-5)21(28)26-13-18-11-17(26)14-27(18)22(29)32-23(2,3)4/h16-20,25H,6-15H2,1-5H3/t16-,17+,18+,19-,20-,24+/m1/s1. The van der Waals surface area contributed by atoms with Gasteiger partial charge in [0.25, 0.3) is 0 Å². The SMILES string of the molecule is CC[C@]1(C(=O)N2C[C@@H]3C[C@H]2CN3C(=O)OC(C)(C)C)CC[C@@H](N[C@@H]2CCOC[C@H]2OC)C1. The van der Waals surface area contributed by atoms with Crippen LogP contribution in [0.5, 0.6) is 0 Å². The third-order valence-electron chi connectivity index (χ3n) is 7.93. The molecule has 1 aliphatic carbocycles. The number of nitrogens with zero attached hydrogens (tertiary/aromatic N) is 2. The van der Waals surface area contributed by atoms with Crippen molar-refractivity contribution >= 4 is 12.0 Å². The fourth-order valence-electron chi connectivity index (χ4n) is 6.14. The van der Waals surface area contributed by atoms with Gasteiger partial charge in [-0.05, 0) is 59.3 Å². The topological polar surface area (TPSA) is 80.3 Å². The lowest BCUT2D eigenvalue weighted by molar-refractivity contribution is -0.144. The second-order valence-corrected chi connectivity index (χ2v) is 11.1. The van der Waals surface area contributed by atoms with Gasteiger partial charge in [0.2, 0.25) is 5.91 Å². The van der Waals surface area contributed by atoms with E-state index >= 15 is 0 Å². The maximum atomic E-state index is 13.8. The highest BCUT2D eigenvalue weighted by Gasteiger charge is 2.53. The van der Waals surface area contributed by atoms with E-state index in [1.54, 1.807) is 7.11 Å². The Bertz CT molecular complexity index is 710. The predicted octanol–water partition coefficient (Wildman–Crippen LogP) is 2.55. The zero-order chi connectivity index (χ0) is 23.1. The number of amides is 2. The van der Waals surface area contributed by atoms with Crippen LogP contribution in [-0.4, -0.2) is 91.1 Å². The summed E-state index contributed by atoms with van der Waals surface area (Å²) in [5.41, 5.74) is -0.800. The molecule has 32 heavy (non-hydrogen) atoms. The van der Waals surface area contributed by atoms with E-state index in [2.05, 4.69) is 17.1 Å². The van der Waals surface area contributed by atoms with Crippen LogP contribution in [0.3, 0.4) is 0 Å². The van der Waals surface area contributed by atoms with Crippen LogP contribution in [0.4, 0.5) is 4.79 Å². The highest BCUT2D eigenvalue weighted by molar-refractivity contribution is 5.84. The first-order valence-corrected chi connectivity index (χ1v) is 12.3. The first kappa shape index (κ1) is 23.8.